The van der Waals surface area contributed by atoms with Crippen LogP contribution in [0.1, 0.15) is 21.5 Å². The lowest BCUT2D eigenvalue weighted by atomic mass is 9.99. The molecule has 0 radical (unpaired) electrons. The lowest BCUT2D eigenvalue weighted by Crippen LogP contribution is -2.07. The van der Waals surface area contributed by atoms with Gasteiger partial charge in [0.1, 0.15) is 5.75 Å². The van der Waals surface area contributed by atoms with E-state index in [1.165, 1.54) is 18.9 Å². The van der Waals surface area contributed by atoms with Crippen molar-refractivity contribution in [1.82, 2.24) is 15.0 Å². The smallest absolute Gasteiger partial charge is 0.338 e. The normalized spacial score (nSPS) is 10.6. The number of para-hydroxylation sites is 1. The molecule has 7 nitrogen and oxygen atoms in total. The van der Waals surface area contributed by atoms with Gasteiger partial charge in [-0.15, -0.1) is 0 Å². The van der Waals surface area contributed by atoms with Crippen molar-refractivity contribution in [3.05, 3.63) is 53.1 Å². The maximum absolute atomic E-state index is 12.1. The number of carbonyl (C=O) groups excluding carboxylic acids is 1. The summed E-state index contributed by atoms with van der Waals surface area (Å²) in [4.78, 5) is 25.9. The molecule has 3 aromatic rings. The molecule has 2 aromatic carbocycles. The highest BCUT2D eigenvalue weighted by atomic mass is 32.2. The number of aryl methyl sites for hydroxylation is 2. The summed E-state index contributed by atoms with van der Waals surface area (Å²) in [7, 11) is 2.96. The van der Waals surface area contributed by atoms with Gasteiger partial charge in [0.2, 0.25) is 5.95 Å². The van der Waals surface area contributed by atoms with E-state index < -0.39 is 5.97 Å². The van der Waals surface area contributed by atoms with Crippen molar-refractivity contribution in [1.29, 1.82) is 0 Å². The van der Waals surface area contributed by atoms with Crippen LogP contribution in [0, 0.1) is 13.8 Å². The van der Waals surface area contributed by atoms with Crippen LogP contribution in [0.4, 0.5) is 5.95 Å². The molecule has 28 heavy (non-hydrogen) atoms. The third kappa shape index (κ3) is 4.07. The van der Waals surface area contributed by atoms with Crippen molar-refractivity contribution in [3.63, 3.8) is 0 Å². The summed E-state index contributed by atoms with van der Waals surface area (Å²) >= 11 is 1.33. The molecule has 0 fully saturated rings. The second-order valence-corrected chi connectivity index (χ2v) is 7.04. The topological polar surface area (TPSA) is 100 Å². The van der Waals surface area contributed by atoms with Crippen LogP contribution in [0.2, 0.25) is 0 Å². The lowest BCUT2D eigenvalue weighted by molar-refractivity contribution is 0.0600. The van der Waals surface area contributed by atoms with E-state index >= 15 is 0 Å². The van der Waals surface area contributed by atoms with Crippen LogP contribution in [-0.4, -0.2) is 35.1 Å². The molecule has 1 heterocycles. The Kier molecular flexibility index (Phi) is 5.79. The predicted molar refractivity (Wildman–Crippen MR) is 108 cm³/mol. The molecule has 8 heteroatoms. The van der Waals surface area contributed by atoms with E-state index in [0.717, 1.165) is 16.0 Å². The van der Waals surface area contributed by atoms with E-state index in [1.807, 2.05) is 44.2 Å². The van der Waals surface area contributed by atoms with Gasteiger partial charge in [-0.05, 0) is 54.9 Å². The SMILES string of the molecule is COC(=O)c1cc(-c2nc(N)nc(Sc3ccccc3OC)n2)c(C)cc1C. The van der Waals surface area contributed by atoms with Gasteiger partial charge in [-0.2, -0.15) is 9.97 Å². The van der Waals surface area contributed by atoms with Crippen molar-refractivity contribution >= 4 is 23.7 Å². The predicted octanol–water partition coefficient (Wildman–Crippen LogP) is 3.68. The van der Waals surface area contributed by atoms with Gasteiger partial charge in [0.05, 0.1) is 24.7 Å². The third-order valence-electron chi connectivity index (χ3n) is 4.12. The fourth-order valence-electron chi connectivity index (χ4n) is 2.76. The summed E-state index contributed by atoms with van der Waals surface area (Å²) in [5, 5.41) is 0.437. The molecule has 0 spiro atoms. The van der Waals surface area contributed by atoms with Crippen LogP contribution in [0.25, 0.3) is 11.4 Å². The Hall–Kier alpha value is -3.13. The molecular formula is C20H20N4O3S. The van der Waals surface area contributed by atoms with Gasteiger partial charge in [-0.3, -0.25) is 0 Å². The van der Waals surface area contributed by atoms with E-state index in [0.29, 0.717) is 27.9 Å². The zero-order valence-electron chi connectivity index (χ0n) is 16.0. The summed E-state index contributed by atoms with van der Waals surface area (Å²) in [5.41, 5.74) is 8.82. The van der Waals surface area contributed by atoms with Crippen LogP contribution >= 0.6 is 11.8 Å². The summed E-state index contributed by atoms with van der Waals surface area (Å²) < 4.78 is 10.2. The molecule has 0 amide bonds. The first kappa shape index (κ1) is 19.6. The van der Waals surface area contributed by atoms with Gasteiger partial charge in [0.25, 0.3) is 0 Å². The molecule has 2 N–H and O–H groups in total. The Labute approximate surface area is 167 Å². The van der Waals surface area contributed by atoms with Crippen molar-refractivity contribution in [2.24, 2.45) is 0 Å². The summed E-state index contributed by atoms with van der Waals surface area (Å²) in [6.07, 6.45) is 0. The molecular weight excluding hydrogens is 376 g/mol. The number of hydrogen-bond acceptors (Lipinski definition) is 8. The van der Waals surface area contributed by atoms with Crippen LogP contribution in [0.5, 0.6) is 5.75 Å². The van der Waals surface area contributed by atoms with E-state index in [2.05, 4.69) is 15.0 Å². The van der Waals surface area contributed by atoms with E-state index in [4.69, 9.17) is 15.2 Å². The van der Waals surface area contributed by atoms with Gasteiger partial charge >= 0.3 is 5.97 Å². The van der Waals surface area contributed by atoms with Crippen LogP contribution in [0.15, 0.2) is 46.5 Å². The largest absolute Gasteiger partial charge is 0.496 e. The maximum Gasteiger partial charge on any atom is 0.338 e. The first-order chi connectivity index (χ1) is 13.4. The number of nitrogen functional groups attached to an aromatic ring is 1. The molecule has 0 aliphatic rings. The van der Waals surface area contributed by atoms with Gasteiger partial charge < -0.3 is 15.2 Å². The molecule has 0 saturated heterocycles. The quantitative estimate of drug-likeness (QED) is 0.652. The molecule has 0 aliphatic carbocycles. The highest BCUT2D eigenvalue weighted by Gasteiger charge is 2.17. The number of nitrogens with two attached hydrogens (primary N) is 1. The van der Waals surface area contributed by atoms with E-state index in [1.54, 1.807) is 13.2 Å². The van der Waals surface area contributed by atoms with Crippen LogP contribution in [-0.2, 0) is 4.74 Å². The summed E-state index contributed by atoms with van der Waals surface area (Å²) in [6, 6.07) is 11.2. The van der Waals surface area contributed by atoms with Crippen molar-refractivity contribution in [3.8, 4) is 17.1 Å². The molecule has 0 unspecified atom stereocenters. The Bertz CT molecular complexity index is 1040. The zero-order valence-corrected chi connectivity index (χ0v) is 16.8. The number of hydrogen-bond donors (Lipinski definition) is 1. The number of aromatic nitrogens is 3. The van der Waals surface area contributed by atoms with Crippen molar-refractivity contribution in [2.45, 2.75) is 23.9 Å². The monoisotopic (exact) mass is 396 g/mol. The molecule has 0 saturated carbocycles. The Morgan fingerprint density at radius 3 is 2.50 bits per heavy atom. The number of benzene rings is 2. The second-order valence-electron chi connectivity index (χ2n) is 6.03. The minimum absolute atomic E-state index is 0.0991. The maximum atomic E-state index is 12.1. The highest BCUT2D eigenvalue weighted by Crippen LogP contribution is 2.34. The van der Waals surface area contributed by atoms with E-state index in [9.17, 15) is 4.79 Å². The summed E-state index contributed by atoms with van der Waals surface area (Å²) in [6.45, 7) is 3.78. The average molecular weight is 396 g/mol. The fraction of sp³-hybridized carbons (Fsp3) is 0.200. The van der Waals surface area contributed by atoms with Gasteiger partial charge in [-0.1, -0.05) is 18.2 Å². The molecule has 144 valence electrons. The number of carbonyl (C=O) groups is 1. The van der Waals surface area contributed by atoms with Crippen molar-refractivity contribution < 1.29 is 14.3 Å². The third-order valence-corrected chi connectivity index (χ3v) is 5.04. The van der Waals surface area contributed by atoms with Crippen molar-refractivity contribution in [2.75, 3.05) is 20.0 Å². The minimum atomic E-state index is -0.413. The summed E-state index contributed by atoms with van der Waals surface area (Å²) in [5.74, 6) is 0.798. The standard InChI is InChI=1S/C20H20N4O3S/c1-11-9-12(2)14(18(25)27-4)10-13(11)17-22-19(21)24-20(23-17)28-16-8-6-5-7-15(16)26-3/h5-10H,1-4H3,(H2,21,22,23,24). The number of methoxy groups -OCH3 is 2. The molecule has 3 rings (SSSR count). The van der Waals surface area contributed by atoms with Gasteiger partial charge in [0.15, 0.2) is 11.0 Å². The van der Waals surface area contributed by atoms with Gasteiger partial charge in [0, 0.05) is 5.56 Å². The number of rotatable bonds is 5. The number of anilines is 1. The Morgan fingerprint density at radius 1 is 1.04 bits per heavy atom. The number of ether oxygens (including phenoxy) is 2. The van der Waals surface area contributed by atoms with Crippen LogP contribution < -0.4 is 10.5 Å². The first-order valence-corrected chi connectivity index (χ1v) is 9.27. The molecule has 0 aliphatic heterocycles. The average Bonchev–Trinajstić information content (AvgIpc) is 2.67. The molecule has 0 atom stereocenters. The number of nitrogens with zero attached hydrogens (tertiary/aromatic N) is 3. The Balaban J connectivity index is 2.06. The number of esters is 1. The highest BCUT2D eigenvalue weighted by molar-refractivity contribution is 7.99. The fourth-order valence-corrected chi connectivity index (χ4v) is 3.63. The second kappa shape index (κ2) is 8.26. The van der Waals surface area contributed by atoms with Crippen LogP contribution in [0.3, 0.4) is 0 Å². The molecule has 0 bridgehead atoms. The first-order valence-electron chi connectivity index (χ1n) is 8.45. The minimum Gasteiger partial charge on any atom is -0.496 e. The lowest BCUT2D eigenvalue weighted by Gasteiger charge is -2.12. The zero-order chi connectivity index (χ0) is 20.3. The Morgan fingerprint density at radius 2 is 1.79 bits per heavy atom. The van der Waals surface area contributed by atoms with E-state index in [-0.39, 0.29) is 5.95 Å². The van der Waals surface area contributed by atoms with Gasteiger partial charge in [-0.25, -0.2) is 9.78 Å². The molecule has 1 aromatic heterocycles.